The number of aromatic nitrogens is 2. The lowest BCUT2D eigenvalue weighted by atomic mass is 10.1. The van der Waals surface area contributed by atoms with Gasteiger partial charge in [-0.25, -0.2) is 9.07 Å². The van der Waals surface area contributed by atoms with Gasteiger partial charge in [-0.05, 0) is 44.9 Å². The van der Waals surface area contributed by atoms with Crippen molar-refractivity contribution in [2.75, 3.05) is 7.05 Å². The molecule has 5 heteroatoms. The Morgan fingerprint density at radius 1 is 1.29 bits per heavy atom. The Bertz CT molecular complexity index is 715. The Labute approximate surface area is 142 Å². The topological polar surface area (TPSA) is 39.1 Å². The first-order valence-corrected chi connectivity index (χ1v) is 8.40. The van der Waals surface area contributed by atoms with E-state index in [1.54, 1.807) is 6.07 Å². The van der Waals surface area contributed by atoms with Crippen LogP contribution in [0.25, 0.3) is 0 Å². The monoisotopic (exact) mass is 329 g/mol. The van der Waals surface area contributed by atoms with Crippen molar-refractivity contribution in [1.29, 1.82) is 0 Å². The molecule has 0 fully saturated rings. The Balaban J connectivity index is 1.73. The van der Waals surface area contributed by atoms with E-state index < -0.39 is 0 Å². The van der Waals surface area contributed by atoms with Crippen molar-refractivity contribution in [2.24, 2.45) is 5.92 Å². The number of hydrogen-bond acceptors (Lipinski definition) is 3. The summed E-state index contributed by atoms with van der Waals surface area (Å²) in [6.45, 7) is 3.67. The highest BCUT2D eigenvalue weighted by molar-refractivity contribution is 5.24. The molecule has 4 nitrogen and oxygen atoms in total. The molecule has 0 bridgehead atoms. The molecule has 0 saturated heterocycles. The molecular weight excluding hydrogens is 305 g/mol. The molecule has 1 aromatic carbocycles. The standard InChI is InChI=1S/C19H24FN3O/c1-14-7-8-18(20)16(9-14)13-24-19-10-17(11-21-2)22-23(19)12-15-5-3-4-6-15/h3-4,7-10,15,21H,5-6,11-13H2,1-2H3. The summed E-state index contributed by atoms with van der Waals surface area (Å²) in [6.07, 6.45) is 6.58. The lowest BCUT2D eigenvalue weighted by molar-refractivity contribution is 0.258. The van der Waals surface area contributed by atoms with E-state index in [0.29, 0.717) is 23.9 Å². The van der Waals surface area contributed by atoms with Gasteiger partial charge >= 0.3 is 0 Å². The largest absolute Gasteiger partial charge is 0.473 e. The van der Waals surface area contributed by atoms with Gasteiger partial charge in [-0.1, -0.05) is 23.8 Å². The van der Waals surface area contributed by atoms with E-state index in [0.717, 1.165) is 30.6 Å². The van der Waals surface area contributed by atoms with E-state index in [4.69, 9.17) is 4.74 Å². The second-order valence-corrected chi connectivity index (χ2v) is 6.38. The number of halogens is 1. The number of hydrogen-bond donors (Lipinski definition) is 1. The summed E-state index contributed by atoms with van der Waals surface area (Å²) in [5.74, 6) is 1.03. The van der Waals surface area contributed by atoms with E-state index in [-0.39, 0.29) is 12.4 Å². The van der Waals surface area contributed by atoms with Crippen LogP contribution in [0.4, 0.5) is 4.39 Å². The normalized spacial score (nSPS) is 14.5. The van der Waals surface area contributed by atoms with Gasteiger partial charge in [0.25, 0.3) is 0 Å². The van der Waals surface area contributed by atoms with Crippen LogP contribution in [0.2, 0.25) is 0 Å². The molecule has 0 radical (unpaired) electrons. The van der Waals surface area contributed by atoms with Crippen molar-refractivity contribution in [3.05, 3.63) is 59.1 Å². The van der Waals surface area contributed by atoms with Crippen molar-refractivity contribution >= 4 is 0 Å². The molecule has 0 spiro atoms. The third-order valence-corrected chi connectivity index (χ3v) is 4.26. The number of allylic oxidation sites excluding steroid dienone is 2. The summed E-state index contributed by atoms with van der Waals surface area (Å²) in [7, 11) is 1.89. The number of benzene rings is 1. The third kappa shape index (κ3) is 4.03. The van der Waals surface area contributed by atoms with Crippen LogP contribution in [0, 0.1) is 18.7 Å². The van der Waals surface area contributed by atoms with Crippen LogP contribution in [-0.4, -0.2) is 16.8 Å². The van der Waals surface area contributed by atoms with Gasteiger partial charge < -0.3 is 10.1 Å². The molecular formula is C19H24FN3O. The van der Waals surface area contributed by atoms with Crippen molar-refractivity contribution in [3.63, 3.8) is 0 Å². The maximum atomic E-state index is 13.9. The molecule has 1 aliphatic rings. The second-order valence-electron chi connectivity index (χ2n) is 6.38. The number of aryl methyl sites for hydroxylation is 1. The maximum absolute atomic E-state index is 13.9. The number of ether oxygens (including phenoxy) is 1. The van der Waals surface area contributed by atoms with Crippen molar-refractivity contribution in [2.45, 2.75) is 39.5 Å². The molecule has 0 unspecified atom stereocenters. The predicted octanol–water partition coefficient (Wildman–Crippen LogP) is 3.60. The smallest absolute Gasteiger partial charge is 0.212 e. The van der Waals surface area contributed by atoms with Gasteiger partial charge in [0, 0.05) is 24.7 Å². The summed E-state index contributed by atoms with van der Waals surface area (Å²) in [5.41, 5.74) is 2.53. The van der Waals surface area contributed by atoms with Crippen LogP contribution in [0.5, 0.6) is 5.88 Å². The second kappa shape index (κ2) is 7.62. The third-order valence-electron chi connectivity index (χ3n) is 4.26. The van der Waals surface area contributed by atoms with Gasteiger partial charge in [0.05, 0.1) is 5.69 Å². The molecule has 1 aliphatic carbocycles. The highest BCUT2D eigenvalue weighted by Crippen LogP contribution is 2.24. The fourth-order valence-electron chi connectivity index (χ4n) is 3.00. The molecule has 128 valence electrons. The minimum Gasteiger partial charge on any atom is -0.473 e. The first kappa shape index (κ1) is 16.7. The van der Waals surface area contributed by atoms with Gasteiger partial charge in [0.15, 0.2) is 0 Å². The number of nitrogens with zero attached hydrogens (tertiary/aromatic N) is 2. The highest BCUT2D eigenvalue weighted by Gasteiger charge is 2.16. The SMILES string of the molecule is CNCc1cc(OCc2cc(C)ccc2F)n(CC2CC=CC2)n1. The zero-order valence-corrected chi connectivity index (χ0v) is 14.3. The van der Waals surface area contributed by atoms with Crippen molar-refractivity contribution in [1.82, 2.24) is 15.1 Å². The zero-order chi connectivity index (χ0) is 16.9. The fourth-order valence-corrected chi connectivity index (χ4v) is 3.00. The van der Waals surface area contributed by atoms with Crippen LogP contribution in [-0.2, 0) is 19.7 Å². The minimum atomic E-state index is -0.234. The van der Waals surface area contributed by atoms with E-state index in [1.807, 2.05) is 30.8 Å². The van der Waals surface area contributed by atoms with Crippen molar-refractivity contribution in [3.8, 4) is 5.88 Å². The maximum Gasteiger partial charge on any atom is 0.212 e. The molecule has 1 heterocycles. The molecule has 1 N–H and O–H groups in total. The van der Waals surface area contributed by atoms with Crippen LogP contribution in [0.15, 0.2) is 36.4 Å². The predicted molar refractivity (Wildman–Crippen MR) is 92.3 cm³/mol. The van der Waals surface area contributed by atoms with Gasteiger partial charge in [0.2, 0.25) is 5.88 Å². The summed E-state index contributed by atoms with van der Waals surface area (Å²) in [6, 6.07) is 7.02. The molecule has 2 aromatic rings. The molecule has 0 saturated carbocycles. The summed E-state index contributed by atoms with van der Waals surface area (Å²) >= 11 is 0. The average molecular weight is 329 g/mol. The van der Waals surface area contributed by atoms with E-state index >= 15 is 0 Å². The summed E-state index contributed by atoms with van der Waals surface area (Å²) in [4.78, 5) is 0. The van der Waals surface area contributed by atoms with Crippen molar-refractivity contribution < 1.29 is 9.13 Å². The van der Waals surface area contributed by atoms with Gasteiger partial charge in [0.1, 0.15) is 12.4 Å². The first-order chi connectivity index (χ1) is 11.7. The van der Waals surface area contributed by atoms with Crippen LogP contribution in [0.1, 0.15) is 29.7 Å². The Morgan fingerprint density at radius 2 is 2.08 bits per heavy atom. The minimum absolute atomic E-state index is 0.209. The molecule has 0 amide bonds. The molecule has 0 aliphatic heterocycles. The zero-order valence-electron chi connectivity index (χ0n) is 14.3. The van der Waals surface area contributed by atoms with E-state index in [2.05, 4.69) is 22.6 Å². The van der Waals surface area contributed by atoms with Gasteiger partial charge in [-0.3, -0.25) is 0 Å². The van der Waals surface area contributed by atoms with Gasteiger partial charge in [-0.15, -0.1) is 0 Å². The Morgan fingerprint density at radius 3 is 2.83 bits per heavy atom. The molecule has 0 atom stereocenters. The van der Waals surface area contributed by atoms with Crippen LogP contribution >= 0.6 is 0 Å². The highest BCUT2D eigenvalue weighted by atomic mass is 19.1. The Kier molecular flexibility index (Phi) is 5.30. The summed E-state index contributed by atoms with van der Waals surface area (Å²) < 4.78 is 21.7. The number of nitrogens with one attached hydrogen (secondary N) is 1. The van der Waals surface area contributed by atoms with E-state index in [9.17, 15) is 4.39 Å². The molecule has 24 heavy (non-hydrogen) atoms. The quantitative estimate of drug-likeness (QED) is 0.789. The fraction of sp³-hybridized carbons (Fsp3) is 0.421. The van der Waals surface area contributed by atoms with E-state index in [1.165, 1.54) is 6.07 Å². The van der Waals surface area contributed by atoms with Crippen LogP contribution < -0.4 is 10.1 Å². The first-order valence-electron chi connectivity index (χ1n) is 8.40. The van der Waals surface area contributed by atoms with Gasteiger partial charge in [-0.2, -0.15) is 5.10 Å². The Hall–Kier alpha value is -2.14. The lowest BCUT2D eigenvalue weighted by Gasteiger charge is -2.13. The molecule has 3 rings (SSSR count). The summed E-state index contributed by atoms with van der Waals surface area (Å²) in [5, 5.41) is 7.73. The molecule has 1 aromatic heterocycles. The average Bonchev–Trinajstić information content (AvgIpc) is 3.19. The number of rotatable bonds is 7. The lowest BCUT2D eigenvalue weighted by Crippen LogP contribution is -2.13. The van der Waals surface area contributed by atoms with Crippen LogP contribution in [0.3, 0.4) is 0 Å².